The quantitative estimate of drug-likeness (QED) is 0.796. The largest absolute Gasteiger partial charge is 0.374 e. The molecule has 0 saturated carbocycles. The van der Waals surface area contributed by atoms with E-state index in [2.05, 4.69) is 49.6 Å². The topological polar surface area (TPSA) is 41.1 Å². The zero-order valence-electron chi connectivity index (χ0n) is 15.5. The van der Waals surface area contributed by atoms with Crippen LogP contribution in [0.4, 0.5) is 11.4 Å². The molecule has 0 aliphatic heterocycles. The zero-order valence-corrected chi connectivity index (χ0v) is 15.5. The van der Waals surface area contributed by atoms with Gasteiger partial charge in [0.2, 0.25) is 5.91 Å². The van der Waals surface area contributed by atoms with Gasteiger partial charge in [0, 0.05) is 11.4 Å². The Balaban J connectivity index is 2.14. The average molecular weight is 324 g/mol. The van der Waals surface area contributed by atoms with Crippen LogP contribution in [0.2, 0.25) is 0 Å². The first-order valence-electron chi connectivity index (χ1n) is 8.53. The van der Waals surface area contributed by atoms with Crippen LogP contribution in [-0.2, 0) is 4.79 Å². The molecule has 0 radical (unpaired) electrons. The smallest absolute Gasteiger partial charge is 0.246 e. The molecule has 3 nitrogen and oxygen atoms in total. The van der Waals surface area contributed by atoms with Gasteiger partial charge in [-0.25, -0.2) is 0 Å². The van der Waals surface area contributed by atoms with E-state index in [1.165, 1.54) is 11.1 Å². The first-order chi connectivity index (χ1) is 11.3. The summed E-state index contributed by atoms with van der Waals surface area (Å²) in [5, 5.41) is 6.42. The Bertz CT molecular complexity index is 711. The Morgan fingerprint density at radius 2 is 1.54 bits per heavy atom. The van der Waals surface area contributed by atoms with Crippen molar-refractivity contribution in [3.8, 4) is 0 Å². The van der Waals surface area contributed by atoms with Gasteiger partial charge in [-0.05, 0) is 56.4 Å². The lowest BCUT2D eigenvalue weighted by Crippen LogP contribution is -2.32. The van der Waals surface area contributed by atoms with Gasteiger partial charge in [-0.2, -0.15) is 0 Å². The predicted octanol–water partition coefficient (Wildman–Crippen LogP) is 5.17. The van der Waals surface area contributed by atoms with Crippen LogP contribution >= 0.6 is 0 Å². The second-order valence-corrected chi connectivity index (χ2v) is 6.87. The van der Waals surface area contributed by atoms with Crippen LogP contribution in [0.3, 0.4) is 0 Å². The summed E-state index contributed by atoms with van der Waals surface area (Å²) in [5.41, 5.74) is 6.55. The molecule has 0 fully saturated rings. The van der Waals surface area contributed by atoms with Gasteiger partial charge in [-0.15, -0.1) is 0 Å². The number of para-hydroxylation sites is 1. The van der Waals surface area contributed by atoms with Crippen LogP contribution in [0.1, 0.15) is 48.9 Å². The van der Waals surface area contributed by atoms with E-state index in [4.69, 9.17) is 0 Å². The molecule has 2 rings (SSSR count). The Hall–Kier alpha value is -2.29. The molecule has 0 bridgehead atoms. The highest BCUT2D eigenvalue weighted by atomic mass is 16.2. The molecular weight excluding hydrogens is 296 g/mol. The summed E-state index contributed by atoms with van der Waals surface area (Å²) >= 11 is 0. The highest BCUT2D eigenvalue weighted by molar-refractivity contribution is 5.97. The fourth-order valence-corrected chi connectivity index (χ4v) is 3.04. The number of rotatable bonds is 5. The first kappa shape index (κ1) is 18.1. The van der Waals surface area contributed by atoms with E-state index in [9.17, 15) is 4.79 Å². The van der Waals surface area contributed by atoms with Crippen molar-refractivity contribution in [2.45, 2.75) is 53.5 Å². The van der Waals surface area contributed by atoms with Gasteiger partial charge in [0.1, 0.15) is 6.04 Å². The van der Waals surface area contributed by atoms with Gasteiger partial charge in [-0.3, -0.25) is 4.79 Å². The Morgan fingerprint density at radius 1 is 0.958 bits per heavy atom. The Morgan fingerprint density at radius 3 is 2.12 bits per heavy atom. The second-order valence-electron chi connectivity index (χ2n) is 6.87. The summed E-state index contributed by atoms with van der Waals surface area (Å²) in [6.07, 6.45) is 0. The summed E-state index contributed by atoms with van der Waals surface area (Å²) in [7, 11) is 0. The van der Waals surface area contributed by atoms with Crippen molar-refractivity contribution in [1.29, 1.82) is 0 Å². The van der Waals surface area contributed by atoms with Gasteiger partial charge in [0.05, 0.1) is 0 Å². The lowest BCUT2D eigenvalue weighted by Gasteiger charge is -2.20. The Kier molecular flexibility index (Phi) is 5.66. The molecule has 0 unspecified atom stereocenters. The molecule has 2 aromatic rings. The highest BCUT2D eigenvalue weighted by Gasteiger charge is 2.17. The second kappa shape index (κ2) is 7.52. The van der Waals surface area contributed by atoms with Crippen LogP contribution in [0.25, 0.3) is 0 Å². The summed E-state index contributed by atoms with van der Waals surface area (Å²) in [4.78, 5) is 12.6. The van der Waals surface area contributed by atoms with Crippen molar-refractivity contribution < 1.29 is 4.79 Å². The van der Waals surface area contributed by atoms with Crippen LogP contribution < -0.4 is 10.6 Å². The number of carbonyl (C=O) groups is 1. The van der Waals surface area contributed by atoms with E-state index >= 15 is 0 Å². The fourth-order valence-electron chi connectivity index (χ4n) is 3.04. The molecule has 2 N–H and O–H groups in total. The normalized spacial score (nSPS) is 12.1. The zero-order chi connectivity index (χ0) is 17.9. The first-order valence-corrected chi connectivity index (χ1v) is 8.53. The molecule has 3 heteroatoms. The van der Waals surface area contributed by atoms with Crippen molar-refractivity contribution in [1.82, 2.24) is 0 Å². The summed E-state index contributed by atoms with van der Waals surface area (Å²) < 4.78 is 0. The third-order valence-electron chi connectivity index (χ3n) is 4.27. The number of anilines is 2. The van der Waals surface area contributed by atoms with Gasteiger partial charge >= 0.3 is 0 Å². The minimum Gasteiger partial charge on any atom is -0.374 e. The Labute approximate surface area is 145 Å². The van der Waals surface area contributed by atoms with Gasteiger partial charge in [-0.1, -0.05) is 49.7 Å². The molecule has 0 aromatic heterocycles. The van der Waals surface area contributed by atoms with E-state index in [-0.39, 0.29) is 11.9 Å². The number of aryl methyl sites for hydroxylation is 3. The SMILES string of the molecule is Cc1cc(C)c(NC(=O)[C@@H](C)Nc2ccccc2C(C)C)c(C)c1. The van der Waals surface area contributed by atoms with Gasteiger partial charge in [0.25, 0.3) is 0 Å². The number of hydrogen-bond acceptors (Lipinski definition) is 2. The van der Waals surface area contributed by atoms with Crippen LogP contribution in [0.5, 0.6) is 0 Å². The van der Waals surface area contributed by atoms with E-state index in [0.717, 1.165) is 22.5 Å². The molecule has 0 heterocycles. The molecule has 1 amide bonds. The average Bonchev–Trinajstić information content (AvgIpc) is 2.50. The van der Waals surface area contributed by atoms with E-state index < -0.39 is 0 Å². The molecule has 128 valence electrons. The van der Waals surface area contributed by atoms with E-state index in [1.807, 2.05) is 39.0 Å². The minimum atomic E-state index is -0.315. The van der Waals surface area contributed by atoms with Crippen LogP contribution in [-0.4, -0.2) is 11.9 Å². The maximum absolute atomic E-state index is 12.6. The lowest BCUT2D eigenvalue weighted by atomic mass is 10.0. The number of benzene rings is 2. The summed E-state index contributed by atoms with van der Waals surface area (Å²) in [6.45, 7) is 12.3. The number of hydrogen-bond donors (Lipinski definition) is 2. The van der Waals surface area contributed by atoms with Crippen molar-refractivity contribution >= 4 is 17.3 Å². The number of carbonyl (C=O) groups excluding carboxylic acids is 1. The fraction of sp³-hybridized carbons (Fsp3) is 0.381. The van der Waals surface area contributed by atoms with Gasteiger partial charge < -0.3 is 10.6 Å². The monoisotopic (exact) mass is 324 g/mol. The summed E-state index contributed by atoms with van der Waals surface area (Å²) in [5.74, 6) is 0.383. The maximum Gasteiger partial charge on any atom is 0.246 e. The highest BCUT2D eigenvalue weighted by Crippen LogP contribution is 2.25. The standard InChI is InChI=1S/C21H28N2O/c1-13(2)18-9-7-8-10-19(18)22-17(6)21(24)23-20-15(4)11-14(3)12-16(20)5/h7-13,17,22H,1-6H3,(H,23,24)/t17-/m1/s1. The van der Waals surface area contributed by atoms with Crippen molar-refractivity contribution in [2.24, 2.45) is 0 Å². The molecule has 0 saturated heterocycles. The molecule has 1 atom stereocenters. The molecular formula is C21H28N2O. The van der Waals surface area contributed by atoms with E-state index in [0.29, 0.717) is 5.92 Å². The van der Waals surface area contributed by atoms with Crippen LogP contribution in [0, 0.1) is 20.8 Å². The van der Waals surface area contributed by atoms with Crippen molar-refractivity contribution in [3.63, 3.8) is 0 Å². The lowest BCUT2D eigenvalue weighted by molar-refractivity contribution is -0.116. The third kappa shape index (κ3) is 4.16. The molecule has 0 aliphatic carbocycles. The molecule has 24 heavy (non-hydrogen) atoms. The maximum atomic E-state index is 12.6. The number of nitrogens with one attached hydrogen (secondary N) is 2. The molecule has 2 aromatic carbocycles. The number of amides is 1. The summed E-state index contributed by atoms with van der Waals surface area (Å²) in [6, 6.07) is 12.0. The van der Waals surface area contributed by atoms with Gasteiger partial charge in [0.15, 0.2) is 0 Å². The van der Waals surface area contributed by atoms with Crippen LogP contribution in [0.15, 0.2) is 36.4 Å². The molecule has 0 aliphatic rings. The third-order valence-corrected chi connectivity index (χ3v) is 4.27. The minimum absolute atomic E-state index is 0.0244. The van der Waals surface area contributed by atoms with Crippen molar-refractivity contribution in [3.05, 3.63) is 58.7 Å². The molecule has 0 spiro atoms. The van der Waals surface area contributed by atoms with E-state index in [1.54, 1.807) is 0 Å². The predicted molar refractivity (Wildman–Crippen MR) is 103 cm³/mol. The van der Waals surface area contributed by atoms with Crippen molar-refractivity contribution in [2.75, 3.05) is 10.6 Å².